The number of amides is 1. The molecule has 190 valence electrons. The highest BCUT2D eigenvalue weighted by atomic mass is 79.9. The molecule has 0 bridgehead atoms. The second kappa shape index (κ2) is 9.88. The van der Waals surface area contributed by atoms with Crippen LogP contribution in [0.5, 0.6) is 0 Å². The number of hydrogen-bond donors (Lipinski definition) is 0. The Morgan fingerprint density at radius 2 is 1.89 bits per heavy atom. The number of nitrogens with zero attached hydrogens (tertiary/aromatic N) is 3. The highest BCUT2D eigenvalue weighted by Crippen LogP contribution is 2.42. The molecule has 0 aromatic heterocycles. The van der Waals surface area contributed by atoms with Crippen LogP contribution in [0, 0.1) is 0 Å². The average Bonchev–Trinajstić information content (AvgIpc) is 2.82. The summed E-state index contributed by atoms with van der Waals surface area (Å²) in [5.74, 6) is 0. The molecule has 0 unspecified atom stereocenters. The van der Waals surface area contributed by atoms with Gasteiger partial charge in [-0.3, -0.25) is 4.31 Å². The number of fused-ring (bicyclic) bond motifs is 3. The third-order valence-corrected chi connectivity index (χ3v) is 8.37. The minimum absolute atomic E-state index is 0.0270. The molecule has 1 saturated heterocycles. The number of alkyl halides is 3. The molecule has 0 N–H and O–H groups in total. The van der Waals surface area contributed by atoms with Gasteiger partial charge in [-0.15, -0.1) is 0 Å². The van der Waals surface area contributed by atoms with Crippen LogP contribution in [0.2, 0.25) is 0 Å². The first kappa shape index (κ1) is 25.6. The first-order chi connectivity index (χ1) is 16.5. The molecule has 1 atom stereocenters. The van der Waals surface area contributed by atoms with E-state index in [0.717, 1.165) is 35.3 Å². The first-order valence-electron chi connectivity index (χ1n) is 11.2. The van der Waals surface area contributed by atoms with E-state index in [1.807, 2.05) is 11.8 Å². The molecule has 1 fully saturated rings. The SMILES string of the molecule is CCCCOC(=O)N1CCN2c3ccc(Br)cc3N(S(=O)(=O)c3cccc(C(F)(F)F)c3)C[C@@H]2C1. The van der Waals surface area contributed by atoms with Crippen molar-refractivity contribution in [2.45, 2.75) is 36.9 Å². The van der Waals surface area contributed by atoms with Crippen LogP contribution < -0.4 is 9.21 Å². The summed E-state index contributed by atoms with van der Waals surface area (Å²) >= 11 is 3.37. The fourth-order valence-corrected chi connectivity index (χ4v) is 6.21. The highest BCUT2D eigenvalue weighted by molar-refractivity contribution is 9.10. The Kier molecular flexibility index (Phi) is 7.23. The summed E-state index contributed by atoms with van der Waals surface area (Å²) < 4.78 is 74.2. The van der Waals surface area contributed by atoms with E-state index in [9.17, 15) is 26.4 Å². The van der Waals surface area contributed by atoms with Crippen LogP contribution in [0.3, 0.4) is 0 Å². The van der Waals surface area contributed by atoms with Gasteiger partial charge in [-0.05, 0) is 42.8 Å². The molecule has 2 aliphatic rings. The molecule has 0 aliphatic carbocycles. The quantitative estimate of drug-likeness (QED) is 0.464. The van der Waals surface area contributed by atoms with E-state index >= 15 is 0 Å². The molecule has 0 radical (unpaired) electrons. The van der Waals surface area contributed by atoms with Gasteiger partial charge in [0, 0.05) is 24.1 Å². The monoisotopic (exact) mass is 575 g/mol. The van der Waals surface area contributed by atoms with E-state index in [-0.39, 0.29) is 13.1 Å². The lowest BCUT2D eigenvalue weighted by atomic mass is 10.1. The number of halogens is 4. The van der Waals surface area contributed by atoms with Crippen molar-refractivity contribution in [1.82, 2.24) is 4.90 Å². The van der Waals surface area contributed by atoms with Gasteiger partial charge in [0.15, 0.2) is 0 Å². The molecule has 2 aliphatic heterocycles. The molecule has 1 amide bonds. The van der Waals surface area contributed by atoms with E-state index in [4.69, 9.17) is 4.74 Å². The van der Waals surface area contributed by atoms with E-state index in [2.05, 4.69) is 15.9 Å². The van der Waals surface area contributed by atoms with Crippen molar-refractivity contribution in [3.63, 3.8) is 0 Å². The predicted octanol–water partition coefficient (Wildman–Crippen LogP) is 5.10. The van der Waals surface area contributed by atoms with Crippen molar-refractivity contribution in [1.29, 1.82) is 0 Å². The van der Waals surface area contributed by atoms with Gasteiger partial charge < -0.3 is 14.5 Å². The van der Waals surface area contributed by atoms with Crippen LogP contribution >= 0.6 is 15.9 Å². The zero-order valence-electron chi connectivity index (χ0n) is 19.0. The number of rotatable bonds is 5. The van der Waals surface area contributed by atoms with Crippen molar-refractivity contribution in [3.05, 3.63) is 52.5 Å². The van der Waals surface area contributed by atoms with Crippen LogP contribution in [0.25, 0.3) is 0 Å². The van der Waals surface area contributed by atoms with Crippen LogP contribution in [-0.2, 0) is 20.9 Å². The number of anilines is 2. The van der Waals surface area contributed by atoms with Gasteiger partial charge in [-0.1, -0.05) is 35.3 Å². The molecule has 2 heterocycles. The summed E-state index contributed by atoms with van der Waals surface area (Å²) in [5.41, 5.74) is -0.0312. The van der Waals surface area contributed by atoms with Crippen molar-refractivity contribution in [2.24, 2.45) is 0 Å². The fraction of sp³-hybridized carbons (Fsp3) is 0.435. The Balaban J connectivity index is 1.68. The van der Waals surface area contributed by atoms with Crippen molar-refractivity contribution in [3.8, 4) is 0 Å². The van der Waals surface area contributed by atoms with Gasteiger partial charge in [-0.2, -0.15) is 13.2 Å². The number of ether oxygens (including phenoxy) is 1. The third kappa shape index (κ3) is 5.23. The molecule has 0 saturated carbocycles. The lowest BCUT2D eigenvalue weighted by Crippen LogP contribution is -2.61. The molecular weight excluding hydrogens is 551 g/mol. The summed E-state index contributed by atoms with van der Waals surface area (Å²) in [6.45, 7) is 3.39. The van der Waals surface area contributed by atoms with E-state index < -0.39 is 38.8 Å². The lowest BCUT2D eigenvalue weighted by molar-refractivity contribution is -0.137. The summed E-state index contributed by atoms with van der Waals surface area (Å²) in [7, 11) is -4.33. The fourth-order valence-electron chi connectivity index (χ4n) is 4.31. The van der Waals surface area contributed by atoms with Gasteiger partial charge in [0.05, 0.1) is 41.0 Å². The normalized spacial score (nSPS) is 18.2. The molecule has 12 heteroatoms. The zero-order valence-corrected chi connectivity index (χ0v) is 21.4. The summed E-state index contributed by atoms with van der Waals surface area (Å²) in [4.78, 5) is 15.7. The topological polar surface area (TPSA) is 70.2 Å². The maximum Gasteiger partial charge on any atom is 0.416 e. The first-order valence-corrected chi connectivity index (χ1v) is 13.4. The minimum Gasteiger partial charge on any atom is -0.449 e. The van der Waals surface area contributed by atoms with Gasteiger partial charge in [0.1, 0.15) is 0 Å². The Labute approximate surface area is 210 Å². The van der Waals surface area contributed by atoms with Gasteiger partial charge in [0.25, 0.3) is 10.0 Å². The maximum absolute atomic E-state index is 13.6. The number of benzene rings is 2. The predicted molar refractivity (Wildman–Crippen MR) is 129 cm³/mol. The lowest BCUT2D eigenvalue weighted by Gasteiger charge is -2.48. The van der Waals surface area contributed by atoms with Crippen molar-refractivity contribution in [2.75, 3.05) is 42.0 Å². The molecule has 7 nitrogen and oxygen atoms in total. The number of unbranched alkanes of at least 4 members (excludes halogenated alkanes) is 1. The Morgan fingerprint density at radius 3 is 2.60 bits per heavy atom. The maximum atomic E-state index is 13.6. The number of piperazine rings is 1. The highest BCUT2D eigenvalue weighted by Gasteiger charge is 2.41. The average molecular weight is 576 g/mol. The zero-order chi connectivity index (χ0) is 25.4. The Morgan fingerprint density at radius 1 is 1.11 bits per heavy atom. The van der Waals surface area contributed by atoms with Crippen LogP contribution in [0.1, 0.15) is 25.3 Å². The summed E-state index contributed by atoms with van der Waals surface area (Å²) in [6, 6.07) is 8.54. The second-order valence-corrected chi connectivity index (χ2v) is 11.2. The van der Waals surface area contributed by atoms with E-state index in [0.29, 0.717) is 41.6 Å². The molecule has 0 spiro atoms. The smallest absolute Gasteiger partial charge is 0.416 e. The second-order valence-electron chi connectivity index (χ2n) is 8.46. The largest absolute Gasteiger partial charge is 0.449 e. The van der Waals surface area contributed by atoms with Crippen molar-refractivity contribution < 1.29 is 31.1 Å². The van der Waals surface area contributed by atoms with E-state index in [1.54, 1.807) is 23.1 Å². The molecule has 2 aromatic carbocycles. The standard InChI is InChI=1S/C23H25BrF3N3O4S/c1-2-3-11-34-22(31)28-9-10-29-18(14-28)15-30(21-13-17(24)7-8-20(21)29)35(32,33)19-6-4-5-16(12-19)23(25,26)27/h4-8,12-13,18H,2-3,9-11,14-15H2,1H3/t18-/m0/s1. The van der Waals surface area contributed by atoms with Crippen LogP contribution in [0.4, 0.5) is 29.3 Å². The summed E-state index contributed by atoms with van der Waals surface area (Å²) in [6.07, 6.45) is -3.49. The van der Waals surface area contributed by atoms with Gasteiger partial charge >= 0.3 is 12.3 Å². The molecule has 35 heavy (non-hydrogen) atoms. The third-order valence-electron chi connectivity index (χ3n) is 6.11. The molecule has 4 rings (SSSR count). The van der Waals surface area contributed by atoms with Gasteiger partial charge in [0.2, 0.25) is 0 Å². The Bertz CT molecular complexity index is 1210. The van der Waals surface area contributed by atoms with Crippen LogP contribution in [0.15, 0.2) is 51.8 Å². The minimum atomic E-state index is -4.67. The molecule has 2 aromatic rings. The number of sulfonamides is 1. The van der Waals surface area contributed by atoms with Crippen LogP contribution in [-0.4, -0.2) is 58.2 Å². The number of carbonyl (C=O) groups is 1. The van der Waals surface area contributed by atoms with E-state index in [1.165, 1.54) is 0 Å². The number of carbonyl (C=O) groups excluding carboxylic acids is 1. The van der Waals surface area contributed by atoms with Crippen molar-refractivity contribution >= 4 is 43.4 Å². The summed E-state index contributed by atoms with van der Waals surface area (Å²) in [5, 5.41) is 0. The number of hydrogen-bond acceptors (Lipinski definition) is 5. The Hall–Kier alpha value is -2.47. The molecular formula is C23H25BrF3N3O4S. The van der Waals surface area contributed by atoms with Gasteiger partial charge in [-0.25, -0.2) is 13.2 Å².